The zero-order valence-electron chi connectivity index (χ0n) is 18.6. The van der Waals surface area contributed by atoms with Crippen LogP contribution in [0.15, 0.2) is 59.5 Å². The molecule has 2 aliphatic rings. The van der Waals surface area contributed by atoms with Crippen molar-refractivity contribution in [1.82, 2.24) is 9.21 Å². The summed E-state index contributed by atoms with van der Waals surface area (Å²) in [6.45, 7) is 2.79. The van der Waals surface area contributed by atoms with Gasteiger partial charge in [0, 0.05) is 32.1 Å². The molecule has 2 heterocycles. The molecule has 174 valence electrons. The number of carbonyl (C=O) groups excluding carboxylic acids is 1. The molecule has 7 nitrogen and oxygen atoms in total. The highest BCUT2D eigenvalue weighted by molar-refractivity contribution is 7.89. The quantitative estimate of drug-likeness (QED) is 0.650. The average Bonchev–Trinajstić information content (AvgIpc) is 2.88. The summed E-state index contributed by atoms with van der Waals surface area (Å²) in [4.78, 5) is 15.2. The summed E-state index contributed by atoms with van der Waals surface area (Å²) in [6, 6.07) is 17.7. The number of hydrogen-bond donors (Lipinski definition) is 0. The Hall–Kier alpha value is -2.89. The molecule has 0 aliphatic carbocycles. The third-order valence-corrected chi connectivity index (χ3v) is 8.49. The molecule has 0 bridgehead atoms. The summed E-state index contributed by atoms with van der Waals surface area (Å²) < 4.78 is 33.1. The van der Waals surface area contributed by atoms with Gasteiger partial charge in [-0.15, -0.1) is 0 Å². The monoisotopic (exact) mass is 467 g/mol. The minimum absolute atomic E-state index is 0.130. The van der Waals surface area contributed by atoms with Crippen molar-refractivity contribution in [3.63, 3.8) is 0 Å². The number of rotatable bonds is 6. The first kappa shape index (κ1) is 23.3. The van der Waals surface area contributed by atoms with Gasteiger partial charge in [0.2, 0.25) is 15.9 Å². The van der Waals surface area contributed by atoms with Gasteiger partial charge in [0.05, 0.1) is 23.1 Å². The van der Waals surface area contributed by atoms with Gasteiger partial charge in [-0.1, -0.05) is 18.2 Å². The Labute approximate surface area is 195 Å². The van der Waals surface area contributed by atoms with E-state index < -0.39 is 10.0 Å². The summed E-state index contributed by atoms with van der Waals surface area (Å²) in [5.41, 5.74) is 0.425. The number of piperidine rings is 2. The van der Waals surface area contributed by atoms with Crippen LogP contribution in [0.5, 0.6) is 5.75 Å². The maximum absolute atomic E-state index is 13.0. The van der Waals surface area contributed by atoms with Crippen LogP contribution in [0.1, 0.15) is 31.2 Å². The zero-order valence-corrected chi connectivity index (χ0v) is 19.4. The van der Waals surface area contributed by atoms with E-state index in [9.17, 15) is 13.2 Å². The number of sulfonamides is 1. The lowest BCUT2D eigenvalue weighted by molar-refractivity contribution is -0.138. The van der Waals surface area contributed by atoms with Gasteiger partial charge in [0.1, 0.15) is 5.75 Å². The van der Waals surface area contributed by atoms with Crippen LogP contribution in [-0.2, 0) is 14.8 Å². The molecular formula is C25H29N3O4S. The van der Waals surface area contributed by atoms with Crippen molar-refractivity contribution in [3.8, 4) is 11.8 Å². The van der Waals surface area contributed by atoms with Gasteiger partial charge >= 0.3 is 0 Å². The molecule has 33 heavy (non-hydrogen) atoms. The highest BCUT2D eigenvalue weighted by Crippen LogP contribution is 2.27. The van der Waals surface area contributed by atoms with Crippen molar-refractivity contribution >= 4 is 15.9 Å². The number of likely N-dealkylation sites (tertiary alicyclic amines) is 1. The number of benzene rings is 2. The van der Waals surface area contributed by atoms with E-state index in [0.717, 1.165) is 31.7 Å². The Kier molecular flexibility index (Phi) is 7.31. The Morgan fingerprint density at radius 2 is 1.58 bits per heavy atom. The van der Waals surface area contributed by atoms with Crippen LogP contribution < -0.4 is 4.74 Å². The van der Waals surface area contributed by atoms with Crippen molar-refractivity contribution in [2.24, 2.45) is 11.8 Å². The smallest absolute Gasteiger partial charge is 0.243 e. The van der Waals surface area contributed by atoms with Gasteiger partial charge in [0.15, 0.2) is 0 Å². The van der Waals surface area contributed by atoms with E-state index in [0.29, 0.717) is 44.0 Å². The molecule has 0 atom stereocenters. The second kappa shape index (κ2) is 10.4. The van der Waals surface area contributed by atoms with Crippen LogP contribution in [0.3, 0.4) is 0 Å². The van der Waals surface area contributed by atoms with E-state index >= 15 is 0 Å². The number of carbonyl (C=O) groups is 1. The molecule has 2 aromatic carbocycles. The summed E-state index contributed by atoms with van der Waals surface area (Å²) in [5.74, 6) is 1.33. The fourth-order valence-corrected chi connectivity index (χ4v) is 5.97. The standard InChI is InChI=1S/C25H29N3O4S/c26-18-20-6-8-24(9-7-20)33(30,31)28-16-12-22(13-17-28)25(29)27-14-10-21(11-15-27)19-32-23-4-2-1-3-5-23/h1-9,21-22H,10-17,19H2. The second-order valence-corrected chi connectivity index (χ2v) is 10.6. The minimum Gasteiger partial charge on any atom is -0.493 e. The van der Waals surface area contributed by atoms with E-state index in [4.69, 9.17) is 10.00 Å². The highest BCUT2D eigenvalue weighted by atomic mass is 32.2. The lowest BCUT2D eigenvalue weighted by atomic mass is 9.93. The summed E-state index contributed by atoms with van der Waals surface area (Å²) >= 11 is 0. The average molecular weight is 468 g/mol. The Morgan fingerprint density at radius 1 is 0.939 bits per heavy atom. The number of para-hydroxylation sites is 1. The maximum Gasteiger partial charge on any atom is 0.243 e. The van der Waals surface area contributed by atoms with E-state index in [-0.39, 0.29) is 16.7 Å². The van der Waals surface area contributed by atoms with Crippen LogP contribution in [0.2, 0.25) is 0 Å². The Balaban J connectivity index is 1.24. The number of amides is 1. The van der Waals surface area contributed by atoms with Gasteiger partial charge in [-0.25, -0.2) is 8.42 Å². The molecule has 2 aliphatic heterocycles. The Morgan fingerprint density at radius 3 is 2.18 bits per heavy atom. The van der Waals surface area contributed by atoms with Crippen LogP contribution in [0.4, 0.5) is 0 Å². The molecule has 0 aromatic heterocycles. The molecule has 0 spiro atoms. The molecule has 0 radical (unpaired) electrons. The molecule has 4 rings (SSSR count). The van der Waals surface area contributed by atoms with E-state index in [2.05, 4.69) is 0 Å². The minimum atomic E-state index is -3.61. The molecule has 0 saturated carbocycles. The van der Waals surface area contributed by atoms with Crippen molar-refractivity contribution in [2.75, 3.05) is 32.8 Å². The third-order valence-electron chi connectivity index (χ3n) is 6.58. The fraction of sp³-hybridized carbons (Fsp3) is 0.440. The van der Waals surface area contributed by atoms with Crippen LogP contribution in [-0.4, -0.2) is 56.3 Å². The van der Waals surface area contributed by atoms with E-state index in [1.165, 1.54) is 28.6 Å². The van der Waals surface area contributed by atoms with Crippen LogP contribution in [0, 0.1) is 23.2 Å². The molecule has 2 fully saturated rings. The summed E-state index contributed by atoms with van der Waals surface area (Å²) in [6.07, 6.45) is 2.91. The number of ether oxygens (including phenoxy) is 1. The van der Waals surface area contributed by atoms with Crippen molar-refractivity contribution in [2.45, 2.75) is 30.6 Å². The molecule has 2 saturated heterocycles. The van der Waals surface area contributed by atoms with Crippen molar-refractivity contribution in [3.05, 3.63) is 60.2 Å². The number of hydrogen-bond acceptors (Lipinski definition) is 5. The largest absolute Gasteiger partial charge is 0.493 e. The molecule has 8 heteroatoms. The van der Waals surface area contributed by atoms with Gasteiger partial charge < -0.3 is 9.64 Å². The lowest BCUT2D eigenvalue weighted by Crippen LogP contribution is -2.46. The molecule has 0 N–H and O–H groups in total. The maximum atomic E-state index is 13.0. The van der Waals surface area contributed by atoms with Crippen molar-refractivity contribution < 1.29 is 17.9 Å². The molecular weight excluding hydrogens is 438 g/mol. The van der Waals surface area contributed by atoms with Crippen LogP contribution >= 0.6 is 0 Å². The highest BCUT2D eigenvalue weighted by Gasteiger charge is 2.35. The topological polar surface area (TPSA) is 90.7 Å². The Bertz CT molecular complexity index is 1080. The molecule has 2 aromatic rings. The predicted molar refractivity (Wildman–Crippen MR) is 124 cm³/mol. The first-order valence-electron chi connectivity index (χ1n) is 11.4. The van der Waals surface area contributed by atoms with Gasteiger partial charge in [0.25, 0.3) is 0 Å². The molecule has 1 amide bonds. The lowest BCUT2D eigenvalue weighted by Gasteiger charge is -2.37. The number of nitriles is 1. The van der Waals surface area contributed by atoms with Crippen LogP contribution in [0.25, 0.3) is 0 Å². The number of nitrogens with zero attached hydrogens (tertiary/aromatic N) is 3. The summed E-state index contributed by atoms with van der Waals surface area (Å²) in [5, 5.41) is 8.91. The third kappa shape index (κ3) is 5.55. The SMILES string of the molecule is N#Cc1ccc(S(=O)(=O)N2CCC(C(=O)N3CCC(COc4ccccc4)CC3)CC2)cc1. The first-order chi connectivity index (χ1) is 16.0. The van der Waals surface area contributed by atoms with Gasteiger partial charge in [-0.05, 0) is 68.0 Å². The first-order valence-corrected chi connectivity index (χ1v) is 12.9. The van der Waals surface area contributed by atoms with Crippen molar-refractivity contribution in [1.29, 1.82) is 5.26 Å². The van der Waals surface area contributed by atoms with E-state index in [1.807, 2.05) is 41.3 Å². The van der Waals surface area contributed by atoms with Gasteiger partial charge in [-0.3, -0.25) is 4.79 Å². The zero-order chi connectivity index (χ0) is 23.3. The molecule has 0 unspecified atom stereocenters. The van der Waals surface area contributed by atoms with E-state index in [1.54, 1.807) is 0 Å². The fourth-order valence-electron chi connectivity index (χ4n) is 4.50. The van der Waals surface area contributed by atoms with Gasteiger partial charge in [-0.2, -0.15) is 9.57 Å². The normalized spacial score (nSPS) is 18.6. The second-order valence-electron chi connectivity index (χ2n) is 8.71. The predicted octanol–water partition coefficient (Wildman–Crippen LogP) is 3.28. The summed E-state index contributed by atoms with van der Waals surface area (Å²) in [7, 11) is -3.61.